The minimum absolute atomic E-state index is 0.131. The first-order chi connectivity index (χ1) is 10.3. The van der Waals surface area contributed by atoms with Crippen molar-refractivity contribution in [3.05, 3.63) is 0 Å². The summed E-state index contributed by atoms with van der Waals surface area (Å²) >= 11 is 0. The largest absolute Gasteiger partial charge is 0.444 e. The highest BCUT2D eigenvalue weighted by Crippen LogP contribution is 2.30. The Morgan fingerprint density at radius 3 is 1.87 bits per heavy atom. The molecule has 3 atom stereocenters. The van der Waals surface area contributed by atoms with Crippen LogP contribution in [-0.4, -0.2) is 45.4 Å². The number of alkyl carbamates (subject to hydrolysis) is 1. The van der Waals surface area contributed by atoms with Gasteiger partial charge in [0.25, 0.3) is 0 Å². The van der Waals surface area contributed by atoms with E-state index < -0.39 is 11.4 Å². The van der Waals surface area contributed by atoms with E-state index in [1.807, 2.05) is 34.6 Å². The third kappa shape index (κ3) is 15.8. The van der Waals surface area contributed by atoms with Gasteiger partial charge in [0.15, 0.2) is 5.79 Å². The zero-order valence-corrected chi connectivity index (χ0v) is 16.0. The van der Waals surface area contributed by atoms with Gasteiger partial charge in [0, 0.05) is 12.6 Å². The first kappa shape index (κ1) is 24.4. The van der Waals surface area contributed by atoms with E-state index in [0.717, 1.165) is 12.8 Å². The normalized spacial score (nSPS) is 23.9. The number of aliphatic hydroxyl groups is 3. The van der Waals surface area contributed by atoms with Crippen molar-refractivity contribution in [1.29, 1.82) is 0 Å². The number of hydrogen-bond donors (Lipinski definition) is 4. The minimum atomic E-state index is -1.50. The monoisotopic (exact) mass is 335 g/mol. The van der Waals surface area contributed by atoms with Crippen LogP contribution in [0.4, 0.5) is 4.79 Å². The molecule has 4 N–H and O–H groups in total. The second-order valence-corrected chi connectivity index (χ2v) is 7.24. The first-order valence-corrected chi connectivity index (χ1v) is 8.37. The molecular formula is C17H37NO5. The molecule has 1 fully saturated rings. The molecule has 3 unspecified atom stereocenters. The molecule has 0 saturated heterocycles. The summed E-state index contributed by atoms with van der Waals surface area (Å²) in [5.41, 5.74) is -0.456. The Kier molecular flexibility index (Phi) is 11.5. The first-order valence-electron chi connectivity index (χ1n) is 8.37. The third-order valence-electron chi connectivity index (χ3n) is 2.94. The maximum absolute atomic E-state index is 11.6. The number of carbonyl (C=O) groups is 1. The zero-order chi connectivity index (χ0) is 18.8. The van der Waals surface area contributed by atoms with Gasteiger partial charge in [-0.15, -0.1) is 0 Å². The minimum Gasteiger partial charge on any atom is -0.444 e. The third-order valence-corrected chi connectivity index (χ3v) is 2.94. The van der Waals surface area contributed by atoms with E-state index in [2.05, 4.69) is 12.2 Å². The van der Waals surface area contributed by atoms with Crippen molar-refractivity contribution >= 4 is 6.09 Å². The van der Waals surface area contributed by atoms with Gasteiger partial charge < -0.3 is 25.4 Å². The standard InChI is InChI=1S/C12H23NO3.C3H8O2.C2H6/c1-8-5-9(7-14)6-10(8)13-11(15)16-12(2,3)4;1-3(2,4)5;1-2/h8-10,14H,5-7H2,1-4H3,(H,13,15);4-5H,1-2H3;1-2H3. The highest BCUT2D eigenvalue weighted by atomic mass is 16.6. The van der Waals surface area contributed by atoms with Gasteiger partial charge in [-0.2, -0.15) is 0 Å². The molecule has 6 heteroatoms. The van der Waals surface area contributed by atoms with Gasteiger partial charge in [0.05, 0.1) is 0 Å². The predicted octanol–water partition coefficient (Wildman–Crippen LogP) is 2.65. The number of rotatable bonds is 2. The molecule has 0 aliphatic heterocycles. The van der Waals surface area contributed by atoms with Crippen molar-refractivity contribution in [2.75, 3.05) is 6.61 Å². The molecule has 0 aromatic carbocycles. The smallest absolute Gasteiger partial charge is 0.407 e. The number of ether oxygens (including phenoxy) is 1. The summed E-state index contributed by atoms with van der Waals surface area (Å²) in [5, 5.41) is 28.1. The molecule has 6 nitrogen and oxygen atoms in total. The summed E-state index contributed by atoms with van der Waals surface area (Å²) in [6.45, 7) is 14.4. The van der Waals surface area contributed by atoms with Gasteiger partial charge >= 0.3 is 6.09 Å². The molecule has 140 valence electrons. The van der Waals surface area contributed by atoms with Crippen LogP contribution in [-0.2, 0) is 4.74 Å². The summed E-state index contributed by atoms with van der Waals surface area (Å²) in [7, 11) is 0. The maximum atomic E-state index is 11.6. The fraction of sp³-hybridized carbons (Fsp3) is 0.941. The summed E-state index contributed by atoms with van der Waals surface area (Å²) in [6.07, 6.45) is 1.45. The average molecular weight is 335 g/mol. The SMILES string of the molecule is CC.CC(C)(O)O.CC1CC(CO)CC1NC(=O)OC(C)(C)C. The summed E-state index contributed by atoms with van der Waals surface area (Å²) < 4.78 is 5.20. The van der Waals surface area contributed by atoms with Crippen molar-refractivity contribution in [2.24, 2.45) is 11.8 Å². The lowest BCUT2D eigenvalue weighted by Gasteiger charge is -2.23. The van der Waals surface area contributed by atoms with Gasteiger partial charge in [-0.25, -0.2) is 4.79 Å². The Balaban J connectivity index is 0. The quantitative estimate of drug-likeness (QED) is 0.582. The van der Waals surface area contributed by atoms with Crippen molar-refractivity contribution in [2.45, 2.75) is 85.7 Å². The summed E-state index contributed by atoms with van der Waals surface area (Å²) in [4.78, 5) is 11.6. The van der Waals surface area contributed by atoms with Crippen LogP contribution in [0, 0.1) is 11.8 Å². The number of carbonyl (C=O) groups excluding carboxylic acids is 1. The van der Waals surface area contributed by atoms with Crippen LogP contribution < -0.4 is 5.32 Å². The molecule has 0 aromatic heterocycles. The average Bonchev–Trinajstić information content (AvgIpc) is 2.68. The van der Waals surface area contributed by atoms with Gasteiger partial charge in [-0.3, -0.25) is 0 Å². The molecule has 0 bridgehead atoms. The highest BCUT2D eigenvalue weighted by molar-refractivity contribution is 5.68. The maximum Gasteiger partial charge on any atom is 0.407 e. The van der Waals surface area contributed by atoms with E-state index in [9.17, 15) is 4.79 Å². The van der Waals surface area contributed by atoms with E-state index in [1.165, 1.54) is 13.8 Å². The van der Waals surface area contributed by atoms with Crippen LogP contribution in [0.3, 0.4) is 0 Å². The van der Waals surface area contributed by atoms with E-state index in [-0.39, 0.29) is 18.7 Å². The van der Waals surface area contributed by atoms with Crippen LogP contribution in [0.25, 0.3) is 0 Å². The molecular weight excluding hydrogens is 298 g/mol. The topological polar surface area (TPSA) is 99.0 Å². The van der Waals surface area contributed by atoms with E-state index in [0.29, 0.717) is 11.8 Å². The number of nitrogens with one attached hydrogen (secondary N) is 1. The van der Waals surface area contributed by atoms with Gasteiger partial charge in [-0.05, 0) is 59.3 Å². The fourth-order valence-corrected chi connectivity index (χ4v) is 2.19. The molecule has 1 saturated carbocycles. The fourth-order valence-electron chi connectivity index (χ4n) is 2.19. The molecule has 1 amide bonds. The molecule has 0 heterocycles. The Labute approximate surface area is 141 Å². The van der Waals surface area contributed by atoms with Crippen LogP contribution >= 0.6 is 0 Å². The van der Waals surface area contributed by atoms with Crippen LogP contribution in [0.2, 0.25) is 0 Å². The van der Waals surface area contributed by atoms with Crippen molar-refractivity contribution in [3.63, 3.8) is 0 Å². The molecule has 0 spiro atoms. The zero-order valence-electron chi connectivity index (χ0n) is 16.0. The Morgan fingerprint density at radius 1 is 1.13 bits per heavy atom. The van der Waals surface area contributed by atoms with Gasteiger partial charge in [0.2, 0.25) is 0 Å². The molecule has 23 heavy (non-hydrogen) atoms. The Bertz CT molecular complexity index is 314. The number of amides is 1. The lowest BCUT2D eigenvalue weighted by Crippen LogP contribution is -2.40. The van der Waals surface area contributed by atoms with Crippen LogP contribution in [0.1, 0.15) is 68.2 Å². The lowest BCUT2D eigenvalue weighted by atomic mass is 10.1. The van der Waals surface area contributed by atoms with Crippen molar-refractivity contribution in [3.8, 4) is 0 Å². The van der Waals surface area contributed by atoms with Crippen molar-refractivity contribution < 1.29 is 24.9 Å². The van der Waals surface area contributed by atoms with Crippen LogP contribution in [0.15, 0.2) is 0 Å². The predicted molar refractivity (Wildman–Crippen MR) is 92.0 cm³/mol. The molecule has 0 radical (unpaired) electrons. The summed E-state index contributed by atoms with van der Waals surface area (Å²) in [5.74, 6) is -0.778. The van der Waals surface area contributed by atoms with E-state index in [1.54, 1.807) is 0 Å². The molecule has 0 aromatic rings. The Morgan fingerprint density at radius 2 is 1.57 bits per heavy atom. The number of hydrogen-bond acceptors (Lipinski definition) is 5. The Hall–Kier alpha value is -0.850. The molecule has 1 aliphatic rings. The van der Waals surface area contributed by atoms with Gasteiger partial charge in [0.1, 0.15) is 5.60 Å². The van der Waals surface area contributed by atoms with E-state index >= 15 is 0 Å². The van der Waals surface area contributed by atoms with Crippen molar-refractivity contribution in [1.82, 2.24) is 5.32 Å². The van der Waals surface area contributed by atoms with Gasteiger partial charge in [-0.1, -0.05) is 20.8 Å². The lowest BCUT2D eigenvalue weighted by molar-refractivity contribution is -0.127. The van der Waals surface area contributed by atoms with E-state index in [4.69, 9.17) is 20.1 Å². The number of aliphatic hydroxyl groups excluding tert-OH is 1. The molecule has 1 aliphatic carbocycles. The molecule has 1 rings (SSSR count). The second kappa shape index (κ2) is 10.8. The highest BCUT2D eigenvalue weighted by Gasteiger charge is 2.32. The summed E-state index contributed by atoms with van der Waals surface area (Å²) in [6, 6.07) is 0.131. The van der Waals surface area contributed by atoms with Crippen LogP contribution in [0.5, 0.6) is 0 Å². The second-order valence-electron chi connectivity index (χ2n) is 7.24.